The Morgan fingerprint density at radius 3 is 2.48 bits per heavy atom. The number of carbonyl (C=O) groups is 3. The van der Waals surface area contributed by atoms with Crippen LogP contribution in [-0.2, 0) is 39.1 Å². The Labute approximate surface area is 161 Å². The molecule has 2 rings (SSSR count). The van der Waals surface area contributed by atoms with Gasteiger partial charge in [-0.1, -0.05) is 30.3 Å². The van der Waals surface area contributed by atoms with Crippen LogP contribution in [-0.4, -0.2) is 54.8 Å². The van der Waals surface area contributed by atoms with Crippen LogP contribution in [0.5, 0.6) is 0 Å². The Bertz CT molecular complexity index is 642. The molecule has 5 atom stereocenters. The molecule has 1 fully saturated rings. The molecule has 0 amide bonds. The lowest BCUT2D eigenvalue weighted by molar-refractivity contribution is -0.197. The number of nitrogens with two attached hydrogens (primary N) is 1. The Morgan fingerprint density at radius 2 is 1.89 bits per heavy atom. The molecule has 1 aromatic rings. The molecule has 0 radical (unpaired) electrons. The minimum absolute atomic E-state index is 0.128. The summed E-state index contributed by atoms with van der Waals surface area (Å²) >= 11 is 1.39. The number of carbonyl (C=O) groups excluding carboxylic acids is 3. The van der Waals surface area contributed by atoms with Crippen molar-refractivity contribution in [3.8, 4) is 0 Å². The van der Waals surface area contributed by atoms with E-state index in [0.717, 1.165) is 5.56 Å². The summed E-state index contributed by atoms with van der Waals surface area (Å²) in [7, 11) is 0. The second-order valence-corrected chi connectivity index (χ2v) is 7.08. The van der Waals surface area contributed by atoms with E-state index in [9.17, 15) is 14.4 Å². The fraction of sp³-hybridized carbons (Fsp3) is 0.500. The van der Waals surface area contributed by atoms with Crippen LogP contribution in [0.1, 0.15) is 19.4 Å². The molecule has 8 nitrogen and oxygen atoms in total. The smallest absolute Gasteiger partial charge is 0.303 e. The molecule has 0 aliphatic carbocycles. The highest BCUT2D eigenvalue weighted by molar-refractivity contribution is 7.99. The van der Waals surface area contributed by atoms with Crippen LogP contribution in [0, 0.1) is 0 Å². The van der Waals surface area contributed by atoms with Crippen molar-refractivity contribution in [2.45, 2.75) is 49.4 Å². The highest BCUT2D eigenvalue weighted by atomic mass is 32.2. The van der Waals surface area contributed by atoms with Crippen molar-refractivity contribution in [2.24, 2.45) is 5.73 Å². The molecule has 27 heavy (non-hydrogen) atoms. The van der Waals surface area contributed by atoms with E-state index < -0.39 is 41.7 Å². The maximum atomic E-state index is 11.4. The van der Waals surface area contributed by atoms with Crippen LogP contribution in [0.4, 0.5) is 0 Å². The lowest BCUT2D eigenvalue weighted by Gasteiger charge is -2.43. The maximum absolute atomic E-state index is 11.4. The van der Waals surface area contributed by atoms with Gasteiger partial charge >= 0.3 is 11.9 Å². The lowest BCUT2D eigenvalue weighted by Crippen LogP contribution is -2.63. The quantitative estimate of drug-likeness (QED) is 0.390. The SMILES string of the molecule is CC(=O)OCC1OC(SCc2ccccc2)C(OC=O)C(N)C1OC(C)=O. The average molecular weight is 397 g/mol. The molecule has 9 heteroatoms. The van der Waals surface area contributed by atoms with Gasteiger partial charge < -0.3 is 24.7 Å². The number of hydrogen-bond donors (Lipinski definition) is 1. The fourth-order valence-electron chi connectivity index (χ4n) is 2.73. The van der Waals surface area contributed by atoms with Crippen LogP contribution in [0.25, 0.3) is 0 Å². The third kappa shape index (κ3) is 6.23. The average Bonchev–Trinajstić information content (AvgIpc) is 2.63. The Morgan fingerprint density at radius 1 is 1.19 bits per heavy atom. The first-order valence-electron chi connectivity index (χ1n) is 8.38. The van der Waals surface area contributed by atoms with Gasteiger partial charge in [-0.2, -0.15) is 0 Å². The highest BCUT2D eigenvalue weighted by Crippen LogP contribution is 2.32. The largest absolute Gasteiger partial charge is 0.463 e. The summed E-state index contributed by atoms with van der Waals surface area (Å²) in [4.78, 5) is 33.5. The van der Waals surface area contributed by atoms with E-state index in [2.05, 4.69) is 0 Å². The number of benzene rings is 1. The Hall–Kier alpha value is -2.10. The van der Waals surface area contributed by atoms with Gasteiger partial charge in [0, 0.05) is 19.6 Å². The summed E-state index contributed by atoms with van der Waals surface area (Å²) in [5.74, 6) is -0.462. The van der Waals surface area contributed by atoms with Crippen molar-refractivity contribution in [1.82, 2.24) is 0 Å². The van der Waals surface area contributed by atoms with Crippen molar-refractivity contribution in [2.75, 3.05) is 6.61 Å². The Balaban J connectivity index is 2.15. The summed E-state index contributed by atoms with van der Waals surface area (Å²) < 4.78 is 21.4. The van der Waals surface area contributed by atoms with Gasteiger partial charge in [0.1, 0.15) is 24.3 Å². The molecule has 5 unspecified atom stereocenters. The second-order valence-electron chi connectivity index (χ2n) is 5.99. The van der Waals surface area contributed by atoms with E-state index in [-0.39, 0.29) is 6.61 Å². The number of hydrogen-bond acceptors (Lipinski definition) is 9. The van der Waals surface area contributed by atoms with Crippen molar-refractivity contribution in [3.05, 3.63) is 35.9 Å². The van der Waals surface area contributed by atoms with Crippen LogP contribution >= 0.6 is 11.8 Å². The molecule has 1 aromatic carbocycles. The van der Waals surface area contributed by atoms with E-state index in [1.165, 1.54) is 25.6 Å². The predicted octanol–water partition coefficient (Wildman–Crippen LogP) is 1.01. The normalized spacial score (nSPS) is 27.4. The topological polar surface area (TPSA) is 114 Å². The third-order valence-corrected chi connectivity index (χ3v) is 5.13. The molecule has 148 valence electrons. The molecular weight excluding hydrogens is 374 g/mol. The monoisotopic (exact) mass is 397 g/mol. The minimum atomic E-state index is -0.916. The molecule has 1 aliphatic heterocycles. The summed E-state index contributed by atoms with van der Waals surface area (Å²) in [5.41, 5.74) is 6.66. The number of rotatable bonds is 8. The van der Waals surface area contributed by atoms with E-state index in [1.54, 1.807) is 0 Å². The standard InChI is InChI=1S/C18H23NO7S/c1-11(21)23-8-14-16(25-12(2)22)15(19)17(24-10-20)18(26-14)27-9-13-6-4-3-5-7-13/h3-7,10,14-18H,8-9,19H2,1-2H3. The molecular formula is C18H23NO7S. The van der Waals surface area contributed by atoms with Crippen LogP contribution in [0.2, 0.25) is 0 Å². The first-order valence-corrected chi connectivity index (χ1v) is 9.43. The zero-order valence-corrected chi connectivity index (χ0v) is 15.9. The molecule has 2 N–H and O–H groups in total. The second kappa shape index (κ2) is 10.3. The predicted molar refractivity (Wildman–Crippen MR) is 97.5 cm³/mol. The van der Waals surface area contributed by atoms with Crippen molar-refractivity contribution >= 4 is 30.2 Å². The van der Waals surface area contributed by atoms with Gasteiger partial charge in [-0.3, -0.25) is 14.4 Å². The first-order chi connectivity index (χ1) is 12.9. The van der Waals surface area contributed by atoms with Gasteiger partial charge in [-0.05, 0) is 5.56 Å². The van der Waals surface area contributed by atoms with Crippen molar-refractivity contribution < 1.29 is 33.3 Å². The zero-order valence-electron chi connectivity index (χ0n) is 15.1. The molecule has 1 saturated heterocycles. The van der Waals surface area contributed by atoms with Gasteiger partial charge in [0.15, 0.2) is 6.10 Å². The lowest BCUT2D eigenvalue weighted by atomic mass is 9.97. The van der Waals surface area contributed by atoms with Crippen molar-refractivity contribution in [1.29, 1.82) is 0 Å². The van der Waals surface area contributed by atoms with Gasteiger partial charge in [0.05, 0.1) is 6.04 Å². The fourth-order valence-corrected chi connectivity index (χ4v) is 3.93. The molecule has 0 bridgehead atoms. The van der Waals surface area contributed by atoms with Gasteiger partial charge in [0.2, 0.25) is 0 Å². The van der Waals surface area contributed by atoms with Gasteiger partial charge in [0.25, 0.3) is 6.47 Å². The molecule has 1 aliphatic rings. The molecule has 0 aromatic heterocycles. The van der Waals surface area contributed by atoms with Crippen LogP contribution in [0.15, 0.2) is 30.3 Å². The van der Waals surface area contributed by atoms with Crippen LogP contribution < -0.4 is 5.73 Å². The summed E-state index contributed by atoms with van der Waals surface area (Å²) in [6.07, 6.45) is -2.51. The van der Waals surface area contributed by atoms with E-state index in [1.807, 2.05) is 30.3 Å². The molecule has 0 saturated carbocycles. The summed E-state index contributed by atoms with van der Waals surface area (Å²) in [5, 5.41) is 0. The Kier molecular flexibility index (Phi) is 8.08. The van der Waals surface area contributed by atoms with E-state index >= 15 is 0 Å². The minimum Gasteiger partial charge on any atom is -0.463 e. The highest BCUT2D eigenvalue weighted by Gasteiger charge is 2.48. The first kappa shape index (κ1) is 21.2. The van der Waals surface area contributed by atoms with E-state index in [4.69, 9.17) is 24.7 Å². The van der Waals surface area contributed by atoms with Crippen LogP contribution in [0.3, 0.4) is 0 Å². The molecule has 1 heterocycles. The van der Waals surface area contributed by atoms with E-state index in [0.29, 0.717) is 12.2 Å². The zero-order chi connectivity index (χ0) is 19.8. The van der Waals surface area contributed by atoms with Gasteiger partial charge in [-0.15, -0.1) is 11.8 Å². The maximum Gasteiger partial charge on any atom is 0.303 e. The number of ether oxygens (including phenoxy) is 4. The van der Waals surface area contributed by atoms with Gasteiger partial charge in [-0.25, -0.2) is 0 Å². The molecule has 0 spiro atoms. The number of thioether (sulfide) groups is 1. The van der Waals surface area contributed by atoms with Crippen molar-refractivity contribution in [3.63, 3.8) is 0 Å². The summed E-state index contributed by atoms with van der Waals surface area (Å²) in [6.45, 7) is 2.67. The summed E-state index contributed by atoms with van der Waals surface area (Å²) in [6, 6.07) is 8.85. The number of esters is 2. The third-order valence-electron chi connectivity index (χ3n) is 3.92.